The summed E-state index contributed by atoms with van der Waals surface area (Å²) in [7, 11) is 0. The quantitative estimate of drug-likeness (QED) is 0.340. The average molecular weight is 404 g/mol. The van der Waals surface area contributed by atoms with Gasteiger partial charge in [-0.05, 0) is 35.3 Å². The first kappa shape index (κ1) is 18.3. The molecule has 0 unspecified atom stereocenters. The highest BCUT2D eigenvalue weighted by Crippen LogP contribution is 2.28. The van der Waals surface area contributed by atoms with Crippen LogP contribution in [0.5, 0.6) is 0 Å². The lowest BCUT2D eigenvalue weighted by Gasteiger charge is -2.20. The van der Waals surface area contributed by atoms with Crippen LogP contribution >= 0.6 is 35.2 Å². The Morgan fingerprint density at radius 1 is 1.15 bits per heavy atom. The number of thiophene rings is 1. The number of thiocarbonyl (C=S) groups is 1. The Balaban J connectivity index is 1.81. The molecule has 0 radical (unpaired) electrons. The normalized spacial score (nSPS) is 11.6. The van der Waals surface area contributed by atoms with Crippen molar-refractivity contribution in [2.45, 2.75) is 6.04 Å². The van der Waals surface area contributed by atoms with E-state index >= 15 is 0 Å². The van der Waals surface area contributed by atoms with E-state index < -0.39 is 4.92 Å². The average Bonchev–Trinajstić information content (AvgIpc) is 3.16. The summed E-state index contributed by atoms with van der Waals surface area (Å²) in [6, 6.07) is 18.0. The van der Waals surface area contributed by atoms with E-state index in [9.17, 15) is 10.1 Å². The maximum absolute atomic E-state index is 11.0. The Bertz CT molecular complexity index is 917. The van der Waals surface area contributed by atoms with Crippen LogP contribution in [-0.4, -0.2) is 10.0 Å². The van der Waals surface area contributed by atoms with Crippen LogP contribution in [-0.2, 0) is 0 Å². The summed E-state index contributed by atoms with van der Waals surface area (Å²) in [5, 5.41) is 19.9. The first-order valence-corrected chi connectivity index (χ1v) is 9.31. The minimum Gasteiger partial charge on any atom is -0.351 e. The zero-order valence-corrected chi connectivity index (χ0v) is 15.8. The molecule has 0 aliphatic rings. The molecule has 1 heterocycles. The largest absolute Gasteiger partial charge is 0.351 e. The van der Waals surface area contributed by atoms with Gasteiger partial charge < -0.3 is 10.6 Å². The molecule has 1 aromatic heterocycles. The molecular formula is C18H14ClN3O2S2. The van der Waals surface area contributed by atoms with Crippen LogP contribution in [0.25, 0.3) is 0 Å². The first-order valence-electron chi connectivity index (χ1n) is 7.64. The lowest BCUT2D eigenvalue weighted by atomic mass is 10.1. The number of benzene rings is 2. The maximum Gasteiger partial charge on any atom is 0.271 e. The number of hydrogen-bond donors (Lipinski definition) is 2. The van der Waals surface area contributed by atoms with Crippen LogP contribution < -0.4 is 10.6 Å². The zero-order valence-electron chi connectivity index (χ0n) is 13.4. The molecule has 2 N–H and O–H groups in total. The van der Waals surface area contributed by atoms with Gasteiger partial charge in [0.15, 0.2) is 5.11 Å². The second-order valence-corrected chi connectivity index (χ2v) is 7.17. The van der Waals surface area contributed by atoms with Crippen LogP contribution in [0, 0.1) is 10.1 Å². The van der Waals surface area contributed by atoms with Crippen molar-refractivity contribution in [3.63, 3.8) is 0 Å². The minimum atomic E-state index is -0.476. The third-order valence-electron chi connectivity index (χ3n) is 3.65. The van der Waals surface area contributed by atoms with E-state index in [1.807, 2.05) is 47.8 Å². The molecule has 0 bridgehead atoms. The summed E-state index contributed by atoms with van der Waals surface area (Å²) < 4.78 is 0. The molecule has 8 heteroatoms. The molecule has 3 rings (SSSR count). The van der Waals surface area contributed by atoms with E-state index in [0.29, 0.717) is 15.8 Å². The molecule has 2 aromatic carbocycles. The van der Waals surface area contributed by atoms with E-state index in [2.05, 4.69) is 10.6 Å². The van der Waals surface area contributed by atoms with Crippen molar-refractivity contribution in [1.82, 2.24) is 5.32 Å². The number of non-ortho nitro benzene ring substituents is 1. The first-order chi connectivity index (χ1) is 12.5. The van der Waals surface area contributed by atoms with Gasteiger partial charge in [0, 0.05) is 17.0 Å². The SMILES string of the molecule is O=[N+]([O-])c1ccc(Cl)c(NC(=S)N[C@H](c2ccccc2)c2cccs2)c1. The lowest BCUT2D eigenvalue weighted by Crippen LogP contribution is -2.32. The van der Waals surface area contributed by atoms with Crippen LogP contribution in [0.3, 0.4) is 0 Å². The molecule has 0 saturated heterocycles. The van der Waals surface area contributed by atoms with Gasteiger partial charge in [0.25, 0.3) is 5.69 Å². The molecule has 0 spiro atoms. The van der Waals surface area contributed by atoms with E-state index in [1.165, 1.54) is 18.2 Å². The Morgan fingerprint density at radius 2 is 1.92 bits per heavy atom. The lowest BCUT2D eigenvalue weighted by molar-refractivity contribution is -0.384. The minimum absolute atomic E-state index is 0.0578. The van der Waals surface area contributed by atoms with Gasteiger partial charge in [-0.1, -0.05) is 48.0 Å². The molecule has 0 aliphatic carbocycles. The highest BCUT2D eigenvalue weighted by atomic mass is 35.5. The Labute approximate surface area is 164 Å². The maximum atomic E-state index is 11.0. The predicted molar refractivity (Wildman–Crippen MR) is 110 cm³/mol. The molecule has 5 nitrogen and oxygen atoms in total. The molecule has 0 fully saturated rings. The highest BCUT2D eigenvalue weighted by Gasteiger charge is 2.17. The van der Waals surface area contributed by atoms with Gasteiger partial charge in [-0.25, -0.2) is 0 Å². The predicted octanol–water partition coefficient (Wildman–Crippen LogP) is 5.39. The molecule has 132 valence electrons. The molecular weight excluding hydrogens is 390 g/mol. The molecule has 3 aromatic rings. The number of nitro benzene ring substituents is 1. The van der Waals surface area contributed by atoms with E-state index in [0.717, 1.165) is 10.4 Å². The van der Waals surface area contributed by atoms with Crippen molar-refractivity contribution in [3.05, 3.63) is 91.6 Å². The van der Waals surface area contributed by atoms with Crippen LogP contribution in [0.4, 0.5) is 11.4 Å². The Kier molecular flexibility index (Phi) is 5.82. The molecule has 0 aliphatic heterocycles. The summed E-state index contributed by atoms with van der Waals surface area (Å²) in [6.07, 6.45) is 0. The van der Waals surface area contributed by atoms with Gasteiger partial charge in [-0.3, -0.25) is 10.1 Å². The monoisotopic (exact) mass is 403 g/mol. The zero-order chi connectivity index (χ0) is 18.5. The molecule has 1 atom stereocenters. The van der Waals surface area contributed by atoms with Gasteiger partial charge in [0.1, 0.15) is 0 Å². The number of nitrogens with zero attached hydrogens (tertiary/aromatic N) is 1. The molecule has 0 amide bonds. The number of halogens is 1. The van der Waals surface area contributed by atoms with Crippen LogP contribution in [0.2, 0.25) is 5.02 Å². The number of nitrogens with one attached hydrogen (secondary N) is 2. The van der Waals surface area contributed by atoms with Gasteiger partial charge in [-0.15, -0.1) is 11.3 Å². The molecule has 26 heavy (non-hydrogen) atoms. The fraction of sp³-hybridized carbons (Fsp3) is 0.0556. The van der Waals surface area contributed by atoms with Crippen molar-refractivity contribution < 1.29 is 4.92 Å². The Hall–Kier alpha value is -2.48. The Morgan fingerprint density at radius 3 is 2.58 bits per heavy atom. The van der Waals surface area contributed by atoms with Crippen molar-refractivity contribution in [2.24, 2.45) is 0 Å². The van der Waals surface area contributed by atoms with Crippen molar-refractivity contribution in [2.75, 3.05) is 5.32 Å². The number of hydrogen-bond acceptors (Lipinski definition) is 4. The number of rotatable bonds is 5. The summed E-state index contributed by atoms with van der Waals surface area (Å²) in [5.74, 6) is 0. The summed E-state index contributed by atoms with van der Waals surface area (Å²) in [5.41, 5.74) is 1.39. The number of nitro groups is 1. The van der Waals surface area contributed by atoms with Gasteiger partial charge >= 0.3 is 0 Å². The summed E-state index contributed by atoms with van der Waals surface area (Å²) in [4.78, 5) is 11.6. The topological polar surface area (TPSA) is 67.2 Å². The van der Waals surface area contributed by atoms with E-state index in [-0.39, 0.29) is 11.7 Å². The molecule has 0 saturated carbocycles. The van der Waals surface area contributed by atoms with E-state index in [1.54, 1.807) is 11.3 Å². The summed E-state index contributed by atoms with van der Waals surface area (Å²) in [6.45, 7) is 0. The van der Waals surface area contributed by atoms with Crippen LogP contribution in [0.1, 0.15) is 16.5 Å². The fourth-order valence-corrected chi connectivity index (χ4v) is 3.63. The van der Waals surface area contributed by atoms with Gasteiger partial charge in [0.2, 0.25) is 0 Å². The fourth-order valence-electron chi connectivity index (χ4n) is 2.43. The van der Waals surface area contributed by atoms with Gasteiger partial charge in [-0.2, -0.15) is 0 Å². The highest BCUT2D eigenvalue weighted by molar-refractivity contribution is 7.80. The smallest absolute Gasteiger partial charge is 0.271 e. The second-order valence-electron chi connectivity index (χ2n) is 5.38. The number of anilines is 1. The third-order valence-corrected chi connectivity index (χ3v) is 5.13. The van der Waals surface area contributed by atoms with Gasteiger partial charge in [0.05, 0.1) is 21.7 Å². The second kappa shape index (κ2) is 8.27. The van der Waals surface area contributed by atoms with E-state index in [4.69, 9.17) is 23.8 Å². The standard InChI is InChI=1S/C18H14ClN3O2S2/c19-14-9-8-13(22(23)24)11-15(14)20-18(25)21-17(16-7-4-10-26-16)12-5-2-1-3-6-12/h1-11,17H,(H2,20,21,25)/t17-/m1/s1. The van der Waals surface area contributed by atoms with Crippen LogP contribution in [0.15, 0.2) is 66.0 Å². The van der Waals surface area contributed by atoms with Crippen molar-refractivity contribution >= 4 is 51.6 Å². The van der Waals surface area contributed by atoms with Crippen molar-refractivity contribution in [3.8, 4) is 0 Å². The third kappa shape index (κ3) is 4.37. The summed E-state index contributed by atoms with van der Waals surface area (Å²) >= 11 is 13.2. The van der Waals surface area contributed by atoms with Crippen molar-refractivity contribution in [1.29, 1.82) is 0 Å².